The van der Waals surface area contributed by atoms with Gasteiger partial charge in [-0.05, 0) is 12.0 Å². The van der Waals surface area contributed by atoms with Crippen molar-refractivity contribution in [2.24, 2.45) is 0 Å². The molecule has 0 aromatic heterocycles. The molecule has 1 nitrogen and oxygen atoms in total. The molecule has 1 unspecified atom stereocenters. The van der Waals surface area contributed by atoms with Crippen LogP contribution in [0.3, 0.4) is 0 Å². The van der Waals surface area contributed by atoms with Gasteiger partial charge >= 0.3 is 7.80 Å². The number of hydrogen-bond acceptors (Lipinski definition) is 1. The monoisotopic (exact) mass is 195 g/mol. The SMILES string of the molecule is CCC[P+](=O)CCc1ccccc1. The summed E-state index contributed by atoms with van der Waals surface area (Å²) >= 11 is 0. The Balaban J connectivity index is 2.31. The topological polar surface area (TPSA) is 17.1 Å². The second-order valence-corrected chi connectivity index (χ2v) is 5.02. The molecule has 0 saturated heterocycles. The lowest BCUT2D eigenvalue weighted by molar-refractivity contribution is 0.586. The van der Waals surface area contributed by atoms with E-state index in [4.69, 9.17) is 0 Å². The molecule has 1 rings (SSSR count). The van der Waals surface area contributed by atoms with E-state index in [1.54, 1.807) is 0 Å². The Morgan fingerprint density at radius 3 is 2.46 bits per heavy atom. The summed E-state index contributed by atoms with van der Waals surface area (Å²) < 4.78 is 11.4. The second kappa shape index (κ2) is 5.88. The third kappa shape index (κ3) is 4.19. The van der Waals surface area contributed by atoms with Crippen LogP contribution in [0.4, 0.5) is 0 Å². The molecular weight excluding hydrogens is 179 g/mol. The average Bonchev–Trinajstić information content (AvgIpc) is 2.17. The van der Waals surface area contributed by atoms with Crippen molar-refractivity contribution in [1.82, 2.24) is 0 Å². The van der Waals surface area contributed by atoms with Gasteiger partial charge in [0, 0.05) is 6.42 Å². The van der Waals surface area contributed by atoms with Gasteiger partial charge in [-0.15, -0.1) is 0 Å². The number of hydrogen-bond donors (Lipinski definition) is 0. The standard InChI is InChI=1S/C11H16OP/c1-2-9-13(12)10-8-11-6-4-3-5-7-11/h3-7H,2,8-10H2,1H3/q+1. The van der Waals surface area contributed by atoms with E-state index in [9.17, 15) is 4.57 Å². The molecule has 70 valence electrons. The number of rotatable bonds is 5. The van der Waals surface area contributed by atoms with Crippen LogP contribution in [0.25, 0.3) is 0 Å². The molecule has 0 saturated carbocycles. The van der Waals surface area contributed by atoms with E-state index < -0.39 is 7.80 Å². The minimum atomic E-state index is -0.954. The van der Waals surface area contributed by atoms with Gasteiger partial charge in [0.15, 0.2) is 0 Å². The van der Waals surface area contributed by atoms with Gasteiger partial charge < -0.3 is 0 Å². The lowest BCUT2D eigenvalue weighted by atomic mass is 10.2. The van der Waals surface area contributed by atoms with Gasteiger partial charge in [-0.1, -0.05) is 41.8 Å². The second-order valence-electron chi connectivity index (χ2n) is 3.16. The van der Waals surface area contributed by atoms with Crippen LogP contribution < -0.4 is 0 Å². The van der Waals surface area contributed by atoms with E-state index in [2.05, 4.69) is 19.1 Å². The van der Waals surface area contributed by atoms with Crippen LogP contribution in [0.2, 0.25) is 0 Å². The maximum atomic E-state index is 11.4. The minimum Gasteiger partial charge on any atom is -0.0748 e. The van der Waals surface area contributed by atoms with E-state index in [0.717, 1.165) is 25.2 Å². The number of benzene rings is 1. The van der Waals surface area contributed by atoms with Gasteiger partial charge in [-0.2, -0.15) is 0 Å². The fourth-order valence-electron chi connectivity index (χ4n) is 1.26. The molecule has 13 heavy (non-hydrogen) atoms. The molecule has 0 bridgehead atoms. The molecule has 0 N–H and O–H groups in total. The Labute approximate surface area is 81.0 Å². The van der Waals surface area contributed by atoms with E-state index in [0.29, 0.717) is 0 Å². The molecule has 0 aliphatic carbocycles. The molecular formula is C11H16OP+. The molecule has 0 aliphatic rings. The van der Waals surface area contributed by atoms with Gasteiger partial charge in [-0.3, -0.25) is 0 Å². The molecule has 0 aliphatic heterocycles. The summed E-state index contributed by atoms with van der Waals surface area (Å²) in [7, 11) is -0.954. The summed E-state index contributed by atoms with van der Waals surface area (Å²) in [6, 6.07) is 10.3. The van der Waals surface area contributed by atoms with Crippen LogP contribution in [0.15, 0.2) is 30.3 Å². The van der Waals surface area contributed by atoms with Crippen LogP contribution in [-0.4, -0.2) is 12.3 Å². The Hall–Kier alpha value is -0.680. The molecule has 0 amide bonds. The van der Waals surface area contributed by atoms with Gasteiger partial charge in [0.25, 0.3) is 0 Å². The van der Waals surface area contributed by atoms with Crippen LogP contribution in [0, 0.1) is 0 Å². The Morgan fingerprint density at radius 2 is 1.85 bits per heavy atom. The highest BCUT2D eigenvalue weighted by Crippen LogP contribution is 2.22. The van der Waals surface area contributed by atoms with Gasteiger partial charge in [0.05, 0.1) is 0 Å². The summed E-state index contributed by atoms with van der Waals surface area (Å²) in [5, 5.41) is 0. The summed E-state index contributed by atoms with van der Waals surface area (Å²) in [5.74, 6) is 0. The summed E-state index contributed by atoms with van der Waals surface area (Å²) in [6.45, 7) is 2.08. The first kappa shape index (κ1) is 10.4. The molecule has 1 aromatic carbocycles. The first-order valence-electron chi connectivity index (χ1n) is 4.79. The van der Waals surface area contributed by atoms with Crippen molar-refractivity contribution >= 4 is 7.80 Å². The maximum absolute atomic E-state index is 11.4. The molecule has 1 aromatic rings. The summed E-state index contributed by atoms with van der Waals surface area (Å²) in [6.07, 6.45) is 3.70. The van der Waals surface area contributed by atoms with Crippen molar-refractivity contribution in [3.8, 4) is 0 Å². The minimum absolute atomic E-state index is 0.840. The van der Waals surface area contributed by atoms with Crippen LogP contribution in [0.5, 0.6) is 0 Å². The lowest BCUT2D eigenvalue weighted by Gasteiger charge is -1.93. The molecule has 1 atom stereocenters. The zero-order chi connectivity index (χ0) is 9.52. The van der Waals surface area contributed by atoms with Gasteiger partial charge in [0.2, 0.25) is 0 Å². The highest BCUT2D eigenvalue weighted by molar-refractivity contribution is 7.44. The predicted molar refractivity (Wildman–Crippen MR) is 57.8 cm³/mol. The van der Waals surface area contributed by atoms with Crippen LogP contribution >= 0.6 is 7.80 Å². The lowest BCUT2D eigenvalue weighted by Crippen LogP contribution is -1.89. The number of aryl methyl sites for hydroxylation is 1. The van der Waals surface area contributed by atoms with Crippen molar-refractivity contribution in [1.29, 1.82) is 0 Å². The molecule has 0 heterocycles. The molecule has 0 spiro atoms. The first-order chi connectivity index (χ1) is 6.33. The van der Waals surface area contributed by atoms with E-state index in [1.165, 1.54) is 5.56 Å². The zero-order valence-corrected chi connectivity index (χ0v) is 8.97. The largest absolute Gasteiger partial charge is 0.339 e. The van der Waals surface area contributed by atoms with Crippen molar-refractivity contribution in [2.45, 2.75) is 19.8 Å². The van der Waals surface area contributed by atoms with Crippen LogP contribution in [0.1, 0.15) is 18.9 Å². The van der Waals surface area contributed by atoms with Gasteiger partial charge in [-0.25, -0.2) is 0 Å². The zero-order valence-electron chi connectivity index (χ0n) is 8.07. The average molecular weight is 195 g/mol. The Bertz CT molecular complexity index is 256. The third-order valence-corrected chi connectivity index (χ3v) is 3.63. The highest BCUT2D eigenvalue weighted by atomic mass is 31.1. The fraction of sp³-hybridized carbons (Fsp3) is 0.455. The van der Waals surface area contributed by atoms with E-state index in [-0.39, 0.29) is 0 Å². The first-order valence-corrected chi connectivity index (χ1v) is 6.42. The third-order valence-electron chi connectivity index (χ3n) is 1.97. The van der Waals surface area contributed by atoms with E-state index >= 15 is 0 Å². The summed E-state index contributed by atoms with van der Waals surface area (Å²) in [5.41, 5.74) is 1.29. The quantitative estimate of drug-likeness (QED) is 0.657. The van der Waals surface area contributed by atoms with Crippen molar-refractivity contribution in [3.05, 3.63) is 35.9 Å². The van der Waals surface area contributed by atoms with Crippen molar-refractivity contribution in [3.63, 3.8) is 0 Å². The molecule has 0 fully saturated rings. The molecule has 2 heteroatoms. The smallest absolute Gasteiger partial charge is 0.0748 e. The molecule has 0 radical (unpaired) electrons. The predicted octanol–water partition coefficient (Wildman–Crippen LogP) is 3.47. The van der Waals surface area contributed by atoms with E-state index in [1.807, 2.05) is 18.2 Å². The van der Waals surface area contributed by atoms with Crippen molar-refractivity contribution < 1.29 is 4.57 Å². The fourth-order valence-corrected chi connectivity index (χ4v) is 2.49. The highest BCUT2D eigenvalue weighted by Gasteiger charge is 2.12. The summed E-state index contributed by atoms with van der Waals surface area (Å²) in [4.78, 5) is 0. The van der Waals surface area contributed by atoms with Gasteiger partial charge in [0.1, 0.15) is 12.3 Å². The Morgan fingerprint density at radius 1 is 1.15 bits per heavy atom. The Kier molecular flexibility index (Phi) is 4.70. The maximum Gasteiger partial charge on any atom is 0.339 e. The normalized spacial score (nSPS) is 11.3. The van der Waals surface area contributed by atoms with Crippen LogP contribution in [-0.2, 0) is 11.0 Å². The van der Waals surface area contributed by atoms with Crippen molar-refractivity contribution in [2.75, 3.05) is 12.3 Å².